The van der Waals surface area contributed by atoms with Crippen LogP contribution in [0.3, 0.4) is 0 Å². The third-order valence-electron chi connectivity index (χ3n) is 8.38. The molecule has 0 aromatic heterocycles. The summed E-state index contributed by atoms with van der Waals surface area (Å²) in [5, 5.41) is 18.3. The molecule has 0 heterocycles. The van der Waals surface area contributed by atoms with E-state index in [9.17, 15) is 19.4 Å². The molecule has 0 radical (unpaired) electrons. The van der Waals surface area contributed by atoms with E-state index in [-0.39, 0.29) is 13.0 Å². The van der Waals surface area contributed by atoms with Crippen molar-refractivity contribution in [3.63, 3.8) is 0 Å². The number of hydrogen-bond acceptors (Lipinski definition) is 8. The number of unbranched alkanes of at least 4 members (excludes halogenated alkanes) is 13. The Labute approximate surface area is 329 Å². The van der Waals surface area contributed by atoms with E-state index >= 15 is 0 Å². The normalized spacial score (nSPS) is 14.8. The highest BCUT2D eigenvalue weighted by molar-refractivity contribution is 7.47. The van der Waals surface area contributed by atoms with Gasteiger partial charge in [0, 0.05) is 13.0 Å². The van der Waals surface area contributed by atoms with Crippen LogP contribution in [0.25, 0.3) is 0 Å². The van der Waals surface area contributed by atoms with E-state index in [1.807, 2.05) is 0 Å². The smallest absolute Gasteiger partial charge is 0.457 e. The van der Waals surface area contributed by atoms with Crippen molar-refractivity contribution in [1.29, 1.82) is 0 Å². The molecule has 0 aliphatic carbocycles. The lowest BCUT2D eigenvalue weighted by Gasteiger charge is -2.20. The van der Waals surface area contributed by atoms with Crippen molar-refractivity contribution in [3.05, 3.63) is 72.9 Å². The second kappa shape index (κ2) is 40.6. The number of ether oxygens (including phenoxy) is 2. The van der Waals surface area contributed by atoms with Crippen LogP contribution >= 0.6 is 7.82 Å². The average Bonchev–Trinajstić information content (AvgIpc) is 3.16. The maximum absolute atomic E-state index is 12.6. The van der Waals surface area contributed by atoms with Gasteiger partial charge in [-0.2, -0.15) is 0 Å². The molecular weight excluding hydrogens is 703 g/mol. The second-order valence-corrected chi connectivity index (χ2v) is 15.1. The molecule has 0 aliphatic rings. The van der Waals surface area contributed by atoms with Crippen LogP contribution in [0, 0.1) is 0 Å². The maximum Gasteiger partial charge on any atom is 0.472 e. The number of esters is 1. The zero-order chi connectivity index (χ0) is 39.6. The van der Waals surface area contributed by atoms with Gasteiger partial charge in [-0.05, 0) is 77.0 Å². The predicted molar refractivity (Wildman–Crippen MR) is 223 cm³/mol. The molecule has 54 heavy (non-hydrogen) atoms. The Morgan fingerprint density at radius 3 is 1.61 bits per heavy atom. The standard InChI is InChI=1S/C44H77O9P/c1-3-5-7-9-11-13-15-17-18-19-20-21-22-23-24-25-26-28-30-32-34-36-44(47)53-43(41-52-54(48,49)51-39-42(46)38-45)40-50-37-35-33-31-29-27-16-14-12-10-8-6-4-2/h5,7,10-13,17-18,20-21,23-24,42-43,45-46H,3-4,6,8-9,14-16,19,22,25-41H2,1-2H3,(H,48,49)/b7-5-,12-10-,13-11-,18-17-,21-20-,24-23-. The number of allylic oxidation sites excluding steroid dienone is 12. The Kier molecular flexibility index (Phi) is 39.0. The van der Waals surface area contributed by atoms with Crippen molar-refractivity contribution in [3.8, 4) is 0 Å². The highest BCUT2D eigenvalue weighted by atomic mass is 31.2. The number of rotatable bonds is 39. The minimum Gasteiger partial charge on any atom is -0.457 e. The molecule has 312 valence electrons. The summed E-state index contributed by atoms with van der Waals surface area (Å²) in [5.41, 5.74) is 0. The Morgan fingerprint density at radius 1 is 0.593 bits per heavy atom. The van der Waals surface area contributed by atoms with Gasteiger partial charge >= 0.3 is 13.8 Å². The number of aliphatic hydroxyl groups is 2. The summed E-state index contributed by atoms with van der Waals surface area (Å²) >= 11 is 0. The Bertz CT molecular complexity index is 1070. The molecule has 0 aliphatic heterocycles. The largest absolute Gasteiger partial charge is 0.472 e. The molecule has 0 bridgehead atoms. The van der Waals surface area contributed by atoms with Crippen LogP contribution in [0.15, 0.2) is 72.9 Å². The molecular formula is C44H77O9P. The summed E-state index contributed by atoms with van der Waals surface area (Å²) in [6, 6.07) is 0. The highest BCUT2D eigenvalue weighted by Crippen LogP contribution is 2.43. The van der Waals surface area contributed by atoms with Crippen LogP contribution in [0.2, 0.25) is 0 Å². The second-order valence-electron chi connectivity index (χ2n) is 13.6. The van der Waals surface area contributed by atoms with E-state index in [1.165, 1.54) is 38.5 Å². The molecule has 0 amide bonds. The molecule has 3 unspecified atom stereocenters. The van der Waals surface area contributed by atoms with Gasteiger partial charge in [0.2, 0.25) is 0 Å². The Balaban J connectivity index is 4.23. The number of carbonyl (C=O) groups excluding carboxylic acids is 1. The van der Waals surface area contributed by atoms with Crippen molar-refractivity contribution < 1.29 is 43.0 Å². The van der Waals surface area contributed by atoms with Gasteiger partial charge < -0.3 is 24.6 Å². The summed E-state index contributed by atoms with van der Waals surface area (Å²) in [6.07, 6.45) is 47.1. The molecule has 0 rings (SSSR count). The third-order valence-corrected chi connectivity index (χ3v) is 9.33. The number of aliphatic hydroxyl groups excluding tert-OH is 2. The zero-order valence-corrected chi connectivity index (χ0v) is 34.8. The van der Waals surface area contributed by atoms with Gasteiger partial charge in [-0.15, -0.1) is 0 Å². The zero-order valence-electron chi connectivity index (χ0n) is 33.9. The summed E-state index contributed by atoms with van der Waals surface area (Å²) in [7, 11) is -4.53. The quantitative estimate of drug-likeness (QED) is 0.0241. The van der Waals surface area contributed by atoms with Crippen LogP contribution in [-0.4, -0.2) is 66.3 Å². The number of phosphoric acid groups is 1. The van der Waals surface area contributed by atoms with Crippen LogP contribution in [0.1, 0.15) is 155 Å². The van der Waals surface area contributed by atoms with Gasteiger partial charge in [0.25, 0.3) is 0 Å². The van der Waals surface area contributed by atoms with E-state index in [4.69, 9.17) is 23.6 Å². The molecule has 0 aromatic rings. The maximum atomic E-state index is 12.6. The van der Waals surface area contributed by atoms with E-state index in [2.05, 4.69) is 86.8 Å². The first-order valence-electron chi connectivity index (χ1n) is 20.9. The van der Waals surface area contributed by atoms with E-state index < -0.39 is 45.8 Å². The van der Waals surface area contributed by atoms with Gasteiger partial charge in [0.05, 0.1) is 26.4 Å². The number of carbonyl (C=O) groups is 1. The van der Waals surface area contributed by atoms with Crippen LogP contribution in [0.4, 0.5) is 0 Å². The van der Waals surface area contributed by atoms with Gasteiger partial charge in [0.1, 0.15) is 12.2 Å². The fourth-order valence-electron chi connectivity index (χ4n) is 5.18. The summed E-state index contributed by atoms with van der Waals surface area (Å²) in [4.78, 5) is 22.5. The van der Waals surface area contributed by atoms with E-state index in [0.29, 0.717) is 13.0 Å². The lowest BCUT2D eigenvalue weighted by Crippen LogP contribution is -2.29. The van der Waals surface area contributed by atoms with Crippen LogP contribution in [-0.2, 0) is 27.9 Å². The molecule has 0 fully saturated rings. The fourth-order valence-corrected chi connectivity index (χ4v) is 5.97. The van der Waals surface area contributed by atoms with Crippen molar-refractivity contribution >= 4 is 13.8 Å². The Hall–Kier alpha value is -2.10. The van der Waals surface area contributed by atoms with Gasteiger partial charge in [-0.3, -0.25) is 13.8 Å². The van der Waals surface area contributed by atoms with E-state index in [0.717, 1.165) is 89.9 Å². The minimum atomic E-state index is -4.53. The van der Waals surface area contributed by atoms with Crippen LogP contribution in [0.5, 0.6) is 0 Å². The summed E-state index contributed by atoms with van der Waals surface area (Å²) in [6.45, 7) is 3.31. The first kappa shape index (κ1) is 51.9. The fraction of sp³-hybridized carbons (Fsp3) is 0.705. The van der Waals surface area contributed by atoms with E-state index in [1.54, 1.807) is 0 Å². The molecule has 0 saturated carbocycles. The lowest BCUT2D eigenvalue weighted by molar-refractivity contribution is -0.154. The molecule has 0 saturated heterocycles. The van der Waals surface area contributed by atoms with Crippen molar-refractivity contribution in [1.82, 2.24) is 0 Å². The first-order chi connectivity index (χ1) is 26.3. The first-order valence-corrected chi connectivity index (χ1v) is 22.4. The SMILES string of the molecule is CC/C=C\C/C=C\C/C=C\C/C=C\C/C=C\CCCCCCCC(=O)OC(COCCCCCCCC/C=C\CCCC)COP(=O)(O)OCC(O)CO. The molecule has 9 nitrogen and oxygen atoms in total. The minimum absolute atomic E-state index is 0.0329. The third kappa shape index (κ3) is 39.6. The molecule has 0 spiro atoms. The topological polar surface area (TPSA) is 132 Å². The average molecular weight is 781 g/mol. The summed E-state index contributed by atoms with van der Waals surface area (Å²) < 4.78 is 33.3. The highest BCUT2D eigenvalue weighted by Gasteiger charge is 2.26. The molecule has 10 heteroatoms. The van der Waals surface area contributed by atoms with Gasteiger partial charge in [0.15, 0.2) is 0 Å². The van der Waals surface area contributed by atoms with Crippen molar-refractivity contribution in [2.24, 2.45) is 0 Å². The van der Waals surface area contributed by atoms with Gasteiger partial charge in [-0.1, -0.05) is 145 Å². The van der Waals surface area contributed by atoms with Crippen LogP contribution < -0.4 is 0 Å². The Morgan fingerprint density at radius 2 is 1.06 bits per heavy atom. The monoisotopic (exact) mass is 781 g/mol. The predicted octanol–water partition coefficient (Wildman–Crippen LogP) is 11.4. The van der Waals surface area contributed by atoms with Gasteiger partial charge in [-0.25, -0.2) is 4.57 Å². The number of hydrogen-bond donors (Lipinski definition) is 3. The lowest BCUT2D eigenvalue weighted by atomic mass is 10.1. The van der Waals surface area contributed by atoms with Crippen molar-refractivity contribution in [2.45, 2.75) is 167 Å². The molecule has 3 atom stereocenters. The molecule has 3 N–H and O–H groups in total. The molecule has 0 aromatic carbocycles. The van der Waals surface area contributed by atoms with Crippen molar-refractivity contribution in [2.75, 3.05) is 33.0 Å². The summed E-state index contributed by atoms with van der Waals surface area (Å²) in [5.74, 6) is -0.407. The number of phosphoric ester groups is 1.